The molecule has 1 heterocycles. The number of esters is 1. The molecule has 2 rings (SSSR count). The van der Waals surface area contributed by atoms with Crippen LogP contribution in [0.1, 0.15) is 25.7 Å². The molecule has 1 aliphatic carbocycles. The molecular formula is C8H13NO2. The van der Waals surface area contributed by atoms with Gasteiger partial charge in [0.05, 0.1) is 11.5 Å². The van der Waals surface area contributed by atoms with Crippen LogP contribution in [0.25, 0.3) is 0 Å². The zero-order valence-corrected chi connectivity index (χ0v) is 6.51. The summed E-state index contributed by atoms with van der Waals surface area (Å²) in [5, 5.41) is 0. The lowest BCUT2D eigenvalue weighted by molar-refractivity contribution is -0.141. The van der Waals surface area contributed by atoms with Gasteiger partial charge in [-0.05, 0) is 12.8 Å². The predicted molar refractivity (Wildman–Crippen MR) is 39.8 cm³/mol. The molecule has 3 heteroatoms. The summed E-state index contributed by atoms with van der Waals surface area (Å²) < 4.78 is 4.94. The number of ether oxygens (including phenoxy) is 1. The van der Waals surface area contributed by atoms with Gasteiger partial charge in [-0.2, -0.15) is 0 Å². The molecule has 1 aliphatic heterocycles. The van der Waals surface area contributed by atoms with E-state index in [4.69, 9.17) is 10.5 Å². The molecule has 2 fully saturated rings. The van der Waals surface area contributed by atoms with Crippen LogP contribution in [-0.2, 0) is 9.53 Å². The Balaban J connectivity index is 2.21. The van der Waals surface area contributed by atoms with E-state index in [2.05, 4.69) is 0 Å². The van der Waals surface area contributed by atoms with Crippen LogP contribution in [-0.4, -0.2) is 18.1 Å². The van der Waals surface area contributed by atoms with Gasteiger partial charge in [-0.1, -0.05) is 12.8 Å². The Morgan fingerprint density at radius 3 is 3.09 bits per heavy atom. The number of hydrogen-bond donors (Lipinski definition) is 1. The zero-order chi connectivity index (χ0) is 7.90. The van der Waals surface area contributed by atoms with Crippen molar-refractivity contribution in [3.63, 3.8) is 0 Å². The minimum atomic E-state index is -0.310. The van der Waals surface area contributed by atoms with Gasteiger partial charge in [0.1, 0.15) is 6.61 Å². The maximum absolute atomic E-state index is 11.1. The first kappa shape index (κ1) is 7.10. The fourth-order valence-electron chi connectivity index (χ4n) is 2.10. The molecule has 0 aromatic carbocycles. The molecule has 0 radical (unpaired) electrons. The summed E-state index contributed by atoms with van der Waals surface area (Å²) in [6.07, 6.45) is 4.14. The van der Waals surface area contributed by atoms with E-state index in [0.29, 0.717) is 6.61 Å². The van der Waals surface area contributed by atoms with E-state index in [1.807, 2.05) is 0 Å². The van der Waals surface area contributed by atoms with Crippen molar-refractivity contribution < 1.29 is 9.53 Å². The van der Waals surface area contributed by atoms with Gasteiger partial charge in [0.15, 0.2) is 0 Å². The molecule has 62 valence electrons. The van der Waals surface area contributed by atoms with E-state index in [0.717, 1.165) is 25.7 Å². The molecule has 11 heavy (non-hydrogen) atoms. The van der Waals surface area contributed by atoms with Crippen LogP contribution < -0.4 is 5.73 Å². The third-order valence-electron chi connectivity index (χ3n) is 2.85. The largest absolute Gasteiger partial charge is 0.463 e. The van der Waals surface area contributed by atoms with Crippen LogP contribution in [0.5, 0.6) is 0 Å². The van der Waals surface area contributed by atoms with Gasteiger partial charge < -0.3 is 10.5 Å². The number of fused-ring (bicyclic) bond motifs is 1. The van der Waals surface area contributed by atoms with Crippen molar-refractivity contribution in [2.24, 2.45) is 11.7 Å². The summed E-state index contributed by atoms with van der Waals surface area (Å²) in [5.74, 6) is -0.0801. The summed E-state index contributed by atoms with van der Waals surface area (Å²) in [6, 6.07) is 0. The number of cyclic esters (lactones) is 1. The van der Waals surface area contributed by atoms with Crippen molar-refractivity contribution in [2.75, 3.05) is 6.61 Å². The SMILES string of the molecule is N[C@]12CCCC[C@H]1C(=O)OC2. The first-order valence-electron chi connectivity index (χ1n) is 4.18. The van der Waals surface area contributed by atoms with E-state index in [-0.39, 0.29) is 17.4 Å². The van der Waals surface area contributed by atoms with Crippen LogP contribution in [0.3, 0.4) is 0 Å². The standard InChI is InChI=1S/C8H13NO2/c9-8-4-2-1-3-6(8)7(10)11-5-8/h6H,1-5,9H2/t6-,8-/m0/s1. The fraction of sp³-hybridized carbons (Fsp3) is 0.875. The average molecular weight is 155 g/mol. The number of hydrogen-bond acceptors (Lipinski definition) is 3. The lowest BCUT2D eigenvalue weighted by Crippen LogP contribution is -2.49. The minimum Gasteiger partial charge on any atom is -0.463 e. The Kier molecular flexibility index (Phi) is 1.42. The third-order valence-corrected chi connectivity index (χ3v) is 2.85. The first-order valence-corrected chi connectivity index (χ1v) is 4.18. The maximum Gasteiger partial charge on any atom is 0.311 e. The summed E-state index contributed by atoms with van der Waals surface area (Å²) in [4.78, 5) is 11.1. The molecule has 2 atom stereocenters. The smallest absolute Gasteiger partial charge is 0.311 e. The van der Waals surface area contributed by atoms with Gasteiger partial charge in [-0.25, -0.2) is 0 Å². The van der Waals surface area contributed by atoms with E-state index in [9.17, 15) is 4.79 Å². The summed E-state index contributed by atoms with van der Waals surface area (Å²) in [7, 11) is 0. The summed E-state index contributed by atoms with van der Waals surface area (Å²) >= 11 is 0. The van der Waals surface area contributed by atoms with Crippen molar-refractivity contribution in [3.05, 3.63) is 0 Å². The molecule has 0 amide bonds. The molecule has 0 aromatic heterocycles. The Labute approximate surface area is 65.9 Å². The molecule has 0 bridgehead atoms. The molecule has 0 spiro atoms. The molecule has 3 nitrogen and oxygen atoms in total. The van der Waals surface area contributed by atoms with E-state index in [1.54, 1.807) is 0 Å². The van der Waals surface area contributed by atoms with Gasteiger partial charge in [-0.3, -0.25) is 4.79 Å². The van der Waals surface area contributed by atoms with Crippen molar-refractivity contribution in [2.45, 2.75) is 31.2 Å². The minimum absolute atomic E-state index is 0.00347. The molecule has 0 unspecified atom stereocenters. The van der Waals surface area contributed by atoms with Crippen molar-refractivity contribution in [1.82, 2.24) is 0 Å². The van der Waals surface area contributed by atoms with E-state index >= 15 is 0 Å². The fourth-order valence-corrected chi connectivity index (χ4v) is 2.10. The molecule has 1 saturated heterocycles. The van der Waals surface area contributed by atoms with Crippen molar-refractivity contribution >= 4 is 5.97 Å². The van der Waals surface area contributed by atoms with E-state index in [1.165, 1.54) is 0 Å². The highest BCUT2D eigenvalue weighted by molar-refractivity contribution is 5.76. The lowest BCUT2D eigenvalue weighted by Gasteiger charge is -2.31. The molecule has 2 aliphatic rings. The van der Waals surface area contributed by atoms with Crippen LogP contribution in [0.2, 0.25) is 0 Å². The van der Waals surface area contributed by atoms with Gasteiger partial charge in [-0.15, -0.1) is 0 Å². The number of carbonyl (C=O) groups excluding carboxylic acids is 1. The maximum atomic E-state index is 11.1. The Morgan fingerprint density at radius 1 is 1.55 bits per heavy atom. The second kappa shape index (κ2) is 2.21. The van der Waals surface area contributed by atoms with Crippen LogP contribution in [0.15, 0.2) is 0 Å². The number of carbonyl (C=O) groups is 1. The van der Waals surface area contributed by atoms with Crippen molar-refractivity contribution in [3.8, 4) is 0 Å². The van der Waals surface area contributed by atoms with Gasteiger partial charge >= 0.3 is 5.97 Å². The number of rotatable bonds is 0. The highest BCUT2D eigenvalue weighted by Gasteiger charge is 2.48. The second-order valence-corrected chi connectivity index (χ2v) is 3.64. The predicted octanol–water partition coefficient (Wildman–Crippen LogP) is 0.431. The van der Waals surface area contributed by atoms with Crippen LogP contribution in [0, 0.1) is 5.92 Å². The third kappa shape index (κ3) is 0.948. The zero-order valence-electron chi connectivity index (χ0n) is 6.51. The normalized spacial score (nSPS) is 43.4. The summed E-state index contributed by atoms with van der Waals surface area (Å²) in [5.41, 5.74) is 5.70. The van der Waals surface area contributed by atoms with Crippen LogP contribution in [0.4, 0.5) is 0 Å². The Bertz CT molecular complexity index is 193. The molecule has 2 N–H and O–H groups in total. The highest BCUT2D eigenvalue weighted by atomic mass is 16.5. The van der Waals surface area contributed by atoms with Gasteiger partial charge in [0.25, 0.3) is 0 Å². The molecular weight excluding hydrogens is 142 g/mol. The Morgan fingerprint density at radius 2 is 2.36 bits per heavy atom. The van der Waals surface area contributed by atoms with Gasteiger partial charge in [0.2, 0.25) is 0 Å². The summed E-state index contributed by atoms with van der Waals surface area (Å²) in [6.45, 7) is 0.441. The van der Waals surface area contributed by atoms with Crippen molar-refractivity contribution in [1.29, 1.82) is 0 Å². The molecule has 1 saturated carbocycles. The van der Waals surface area contributed by atoms with E-state index < -0.39 is 0 Å². The Hall–Kier alpha value is -0.570. The second-order valence-electron chi connectivity index (χ2n) is 3.64. The lowest BCUT2D eigenvalue weighted by atomic mass is 9.75. The quantitative estimate of drug-likeness (QED) is 0.516. The van der Waals surface area contributed by atoms with Crippen LogP contribution >= 0.6 is 0 Å². The average Bonchev–Trinajstić information content (AvgIpc) is 2.29. The topological polar surface area (TPSA) is 52.3 Å². The monoisotopic (exact) mass is 155 g/mol. The molecule has 0 aromatic rings. The number of nitrogens with two attached hydrogens (primary N) is 1. The van der Waals surface area contributed by atoms with Gasteiger partial charge in [0, 0.05) is 0 Å². The highest BCUT2D eigenvalue weighted by Crippen LogP contribution is 2.37. The first-order chi connectivity index (χ1) is 5.22.